The lowest BCUT2D eigenvalue weighted by Gasteiger charge is -2.13. The molecule has 2 aromatic carbocycles. The molecule has 0 aliphatic rings. The van der Waals surface area contributed by atoms with E-state index in [1.54, 1.807) is 44.6 Å². The van der Waals surface area contributed by atoms with E-state index in [9.17, 15) is 13.2 Å². The number of H-pyrrole nitrogens is 1. The van der Waals surface area contributed by atoms with Crippen molar-refractivity contribution in [2.75, 3.05) is 25.0 Å². The lowest BCUT2D eigenvalue weighted by atomic mass is 10.1. The molecule has 0 spiro atoms. The summed E-state index contributed by atoms with van der Waals surface area (Å²) in [5.74, 6) is 0.471. The summed E-state index contributed by atoms with van der Waals surface area (Å²) in [4.78, 5) is 20.0. The molecule has 10 nitrogen and oxygen atoms in total. The van der Waals surface area contributed by atoms with E-state index in [0.29, 0.717) is 21.6 Å². The Morgan fingerprint density at radius 1 is 1.06 bits per heavy atom. The molecule has 0 aliphatic heterocycles. The maximum Gasteiger partial charge on any atom is 0.251 e. The molecule has 0 radical (unpaired) electrons. The number of fused-ring (bicyclic) bond motifs is 1. The van der Waals surface area contributed by atoms with Gasteiger partial charge in [-0.2, -0.15) is 5.10 Å². The fraction of sp³-hybridized carbons (Fsp3) is 0.320. The molecule has 1 amide bonds. The number of nitrogens with one attached hydrogen (secondary N) is 4. The van der Waals surface area contributed by atoms with Crippen LogP contribution in [0.15, 0.2) is 53.8 Å². The minimum absolute atomic E-state index is 0.0903. The van der Waals surface area contributed by atoms with Crippen molar-refractivity contribution in [2.45, 2.75) is 38.6 Å². The molecule has 0 unspecified atom stereocenters. The summed E-state index contributed by atoms with van der Waals surface area (Å²) < 4.78 is 30.0. The average Bonchev–Trinajstić information content (AvgIpc) is 3.48. The van der Waals surface area contributed by atoms with Gasteiger partial charge in [0.05, 0.1) is 16.6 Å². The highest BCUT2D eigenvalue weighted by atomic mass is 32.2. The maximum absolute atomic E-state index is 12.8. The van der Waals surface area contributed by atoms with Crippen LogP contribution in [-0.2, 0) is 16.6 Å². The molecule has 4 aromatic rings. The number of aromatic amines is 1. The number of hydrogen-bond acceptors (Lipinski definition) is 6. The van der Waals surface area contributed by atoms with Crippen molar-refractivity contribution < 1.29 is 13.2 Å². The zero-order valence-corrected chi connectivity index (χ0v) is 21.4. The number of hydrogen-bond donors (Lipinski definition) is 4. The highest BCUT2D eigenvalue weighted by Gasteiger charge is 2.19. The third-order valence-corrected chi connectivity index (χ3v) is 7.58. The number of aryl methyl sites for hydroxylation is 4. The molecule has 4 rings (SSSR count). The summed E-state index contributed by atoms with van der Waals surface area (Å²) >= 11 is 0. The molecule has 0 saturated heterocycles. The third-order valence-electron chi connectivity index (χ3n) is 5.82. The first-order valence-corrected chi connectivity index (χ1v) is 13.3. The second kappa shape index (κ2) is 10.9. The van der Waals surface area contributed by atoms with E-state index in [4.69, 9.17) is 0 Å². The van der Waals surface area contributed by atoms with Crippen LogP contribution in [-0.4, -0.2) is 53.7 Å². The van der Waals surface area contributed by atoms with Gasteiger partial charge in [0.15, 0.2) is 5.95 Å². The summed E-state index contributed by atoms with van der Waals surface area (Å²) in [7, 11) is -3.67. The molecule has 2 heterocycles. The lowest BCUT2D eigenvalue weighted by molar-refractivity contribution is 0.0954. The van der Waals surface area contributed by atoms with Crippen LogP contribution >= 0.6 is 0 Å². The van der Waals surface area contributed by atoms with Gasteiger partial charge in [-0.25, -0.2) is 18.1 Å². The number of carbonyl (C=O) groups is 1. The Hall–Kier alpha value is -3.70. The van der Waals surface area contributed by atoms with E-state index in [0.717, 1.165) is 41.9 Å². The third kappa shape index (κ3) is 5.92. The van der Waals surface area contributed by atoms with Gasteiger partial charge in [0, 0.05) is 49.5 Å². The molecule has 36 heavy (non-hydrogen) atoms. The maximum atomic E-state index is 12.8. The first kappa shape index (κ1) is 25.4. The van der Waals surface area contributed by atoms with E-state index in [1.165, 1.54) is 0 Å². The number of anilines is 1. The van der Waals surface area contributed by atoms with Crippen molar-refractivity contribution >= 4 is 32.8 Å². The van der Waals surface area contributed by atoms with E-state index < -0.39 is 10.0 Å². The van der Waals surface area contributed by atoms with Crippen molar-refractivity contribution in [1.29, 1.82) is 0 Å². The number of aromatic nitrogens is 4. The summed E-state index contributed by atoms with van der Waals surface area (Å²) in [6.45, 7) is 7.24. The van der Waals surface area contributed by atoms with Gasteiger partial charge >= 0.3 is 0 Å². The second-order valence-electron chi connectivity index (χ2n) is 8.74. The zero-order chi connectivity index (χ0) is 25.7. The number of carbonyl (C=O) groups excluding carboxylic acids is 1. The molecule has 190 valence electrons. The second-order valence-corrected chi connectivity index (χ2v) is 10.4. The van der Waals surface area contributed by atoms with Gasteiger partial charge in [-0.05, 0) is 56.5 Å². The zero-order valence-electron chi connectivity index (χ0n) is 20.6. The van der Waals surface area contributed by atoms with E-state index >= 15 is 0 Å². The fourth-order valence-electron chi connectivity index (χ4n) is 4.33. The SMILES string of the molecule is Cc1cc(C)c(S(=O)(=O)NCCNC(=O)c2ccc3c(cnn3CCCNc3ncc[nH]3)c2)c(C)c1. The Bertz CT molecular complexity index is 1440. The normalized spacial score (nSPS) is 11.6. The number of rotatable bonds is 11. The minimum atomic E-state index is -3.67. The van der Waals surface area contributed by atoms with Crippen molar-refractivity contribution in [3.05, 3.63) is 71.2 Å². The van der Waals surface area contributed by atoms with Crippen LogP contribution in [0.2, 0.25) is 0 Å². The minimum Gasteiger partial charge on any atom is -0.356 e. The van der Waals surface area contributed by atoms with Gasteiger partial charge in [0.25, 0.3) is 5.91 Å². The number of benzene rings is 2. The molecule has 0 saturated carbocycles. The Kier molecular flexibility index (Phi) is 7.70. The largest absolute Gasteiger partial charge is 0.356 e. The topological polar surface area (TPSA) is 134 Å². The number of imidazole rings is 1. The molecule has 0 bridgehead atoms. The fourth-order valence-corrected chi connectivity index (χ4v) is 5.81. The van der Waals surface area contributed by atoms with Gasteiger partial charge in [-0.1, -0.05) is 17.7 Å². The molecule has 4 N–H and O–H groups in total. The van der Waals surface area contributed by atoms with Crippen LogP contribution in [0.3, 0.4) is 0 Å². The monoisotopic (exact) mass is 509 g/mol. The first-order valence-electron chi connectivity index (χ1n) is 11.8. The molecular formula is C25H31N7O3S. The first-order chi connectivity index (χ1) is 17.2. The predicted octanol–water partition coefficient (Wildman–Crippen LogP) is 2.90. The Balaban J connectivity index is 1.28. The van der Waals surface area contributed by atoms with Crippen LogP contribution in [0.5, 0.6) is 0 Å². The van der Waals surface area contributed by atoms with E-state index in [-0.39, 0.29) is 19.0 Å². The Morgan fingerprint density at radius 3 is 2.56 bits per heavy atom. The lowest BCUT2D eigenvalue weighted by Crippen LogP contribution is -2.35. The highest BCUT2D eigenvalue weighted by molar-refractivity contribution is 7.89. The van der Waals surface area contributed by atoms with Gasteiger partial charge in [0.2, 0.25) is 10.0 Å². The average molecular weight is 510 g/mol. The molecule has 0 fully saturated rings. The molecule has 0 atom stereocenters. The number of sulfonamides is 1. The molecule has 0 aliphatic carbocycles. The summed E-state index contributed by atoms with van der Waals surface area (Å²) in [6, 6.07) is 9.11. The van der Waals surface area contributed by atoms with Crippen LogP contribution in [0, 0.1) is 20.8 Å². The number of amides is 1. The van der Waals surface area contributed by atoms with Crippen LogP contribution in [0.4, 0.5) is 5.95 Å². The van der Waals surface area contributed by atoms with Crippen molar-refractivity contribution in [3.8, 4) is 0 Å². The molecule has 2 aromatic heterocycles. The van der Waals surface area contributed by atoms with E-state index in [2.05, 4.69) is 30.4 Å². The summed E-state index contributed by atoms with van der Waals surface area (Å²) in [5.41, 5.74) is 3.86. The van der Waals surface area contributed by atoms with Gasteiger partial charge in [-0.3, -0.25) is 9.48 Å². The smallest absolute Gasteiger partial charge is 0.251 e. The number of nitrogens with zero attached hydrogens (tertiary/aromatic N) is 3. The molecule has 11 heteroatoms. The van der Waals surface area contributed by atoms with Gasteiger partial charge < -0.3 is 15.6 Å². The highest BCUT2D eigenvalue weighted by Crippen LogP contribution is 2.21. The summed E-state index contributed by atoms with van der Waals surface area (Å²) in [5, 5.41) is 11.3. The van der Waals surface area contributed by atoms with Gasteiger partial charge in [0.1, 0.15) is 0 Å². The van der Waals surface area contributed by atoms with Crippen molar-refractivity contribution in [2.24, 2.45) is 0 Å². The summed E-state index contributed by atoms with van der Waals surface area (Å²) in [6.07, 6.45) is 6.06. The van der Waals surface area contributed by atoms with E-state index in [1.807, 2.05) is 29.8 Å². The van der Waals surface area contributed by atoms with Crippen LogP contribution in [0.25, 0.3) is 10.9 Å². The standard InChI is InChI=1S/C25H31N7O3S/c1-17-13-18(2)23(19(3)14-17)36(34,35)31-11-10-26-24(33)20-5-6-22-21(15-20)16-30-32(22)12-4-7-27-25-28-8-9-29-25/h5-6,8-9,13-16,31H,4,7,10-12H2,1-3H3,(H,26,33)(H2,27,28,29). The Labute approximate surface area is 210 Å². The van der Waals surface area contributed by atoms with Gasteiger partial charge in [-0.15, -0.1) is 0 Å². The molecular weight excluding hydrogens is 478 g/mol. The van der Waals surface area contributed by atoms with Crippen molar-refractivity contribution in [3.63, 3.8) is 0 Å². The quantitative estimate of drug-likeness (QED) is 0.230. The Morgan fingerprint density at radius 2 is 1.83 bits per heavy atom. The van der Waals surface area contributed by atoms with Crippen LogP contribution < -0.4 is 15.4 Å². The van der Waals surface area contributed by atoms with Crippen LogP contribution in [0.1, 0.15) is 33.5 Å². The predicted molar refractivity (Wildman–Crippen MR) is 140 cm³/mol. The van der Waals surface area contributed by atoms with Crippen molar-refractivity contribution in [1.82, 2.24) is 29.8 Å².